The molecule has 3 rings (SSSR count). The van der Waals surface area contributed by atoms with Crippen LogP contribution in [0.5, 0.6) is 0 Å². The molecule has 1 saturated heterocycles. The first-order valence-corrected chi connectivity index (χ1v) is 7.40. The van der Waals surface area contributed by atoms with Gasteiger partial charge in [-0.2, -0.15) is 0 Å². The largest absolute Gasteiger partial charge is 0.354 e. The summed E-state index contributed by atoms with van der Waals surface area (Å²) in [6, 6.07) is 2.00. The Morgan fingerprint density at radius 3 is 2.76 bits per heavy atom. The molecule has 0 amide bonds. The fourth-order valence-electron chi connectivity index (χ4n) is 2.67. The third-order valence-corrected chi connectivity index (χ3v) is 3.96. The standard InChI is InChI=1S/C16H21N5/c1-13-10-17-5-4-14(13)15-11-18-12-16(19-15)21-7-3-6-20(2)8-9-21/h4-5,10-12H,3,6-9H2,1-2H3. The predicted molar refractivity (Wildman–Crippen MR) is 84.3 cm³/mol. The minimum Gasteiger partial charge on any atom is -0.354 e. The van der Waals surface area contributed by atoms with Crippen LogP contribution in [-0.4, -0.2) is 53.1 Å². The van der Waals surface area contributed by atoms with E-state index in [0.717, 1.165) is 55.2 Å². The minimum absolute atomic E-state index is 0.921. The normalized spacial score (nSPS) is 16.8. The molecule has 0 radical (unpaired) electrons. The van der Waals surface area contributed by atoms with Gasteiger partial charge in [-0.05, 0) is 38.6 Å². The summed E-state index contributed by atoms with van der Waals surface area (Å²) >= 11 is 0. The van der Waals surface area contributed by atoms with Crippen molar-refractivity contribution in [3.63, 3.8) is 0 Å². The van der Waals surface area contributed by atoms with Crippen LogP contribution in [0.15, 0.2) is 30.9 Å². The third-order valence-electron chi connectivity index (χ3n) is 3.96. The molecule has 5 heteroatoms. The number of likely N-dealkylation sites (N-methyl/N-ethyl adjacent to an activating group) is 1. The fourth-order valence-corrected chi connectivity index (χ4v) is 2.67. The van der Waals surface area contributed by atoms with Crippen LogP contribution in [0.2, 0.25) is 0 Å². The predicted octanol–water partition coefficient (Wildman–Crippen LogP) is 1.99. The first-order chi connectivity index (χ1) is 10.2. The lowest BCUT2D eigenvalue weighted by Crippen LogP contribution is -2.29. The van der Waals surface area contributed by atoms with Crippen LogP contribution in [0.1, 0.15) is 12.0 Å². The number of anilines is 1. The number of hydrogen-bond donors (Lipinski definition) is 0. The molecule has 21 heavy (non-hydrogen) atoms. The van der Waals surface area contributed by atoms with Crippen molar-refractivity contribution in [2.24, 2.45) is 0 Å². The van der Waals surface area contributed by atoms with Crippen molar-refractivity contribution < 1.29 is 0 Å². The Labute approximate surface area is 125 Å². The van der Waals surface area contributed by atoms with Gasteiger partial charge in [-0.25, -0.2) is 4.98 Å². The van der Waals surface area contributed by atoms with Crippen molar-refractivity contribution in [2.75, 3.05) is 38.1 Å². The Balaban J connectivity index is 1.88. The van der Waals surface area contributed by atoms with E-state index in [-0.39, 0.29) is 0 Å². The molecule has 0 aromatic carbocycles. The molecule has 2 aromatic heterocycles. The number of nitrogens with zero attached hydrogens (tertiary/aromatic N) is 5. The zero-order valence-electron chi connectivity index (χ0n) is 12.7. The molecular weight excluding hydrogens is 262 g/mol. The molecule has 2 aromatic rings. The van der Waals surface area contributed by atoms with E-state index in [2.05, 4.69) is 33.7 Å². The molecule has 0 unspecified atom stereocenters. The van der Waals surface area contributed by atoms with Gasteiger partial charge < -0.3 is 9.80 Å². The van der Waals surface area contributed by atoms with Crippen molar-refractivity contribution in [2.45, 2.75) is 13.3 Å². The second kappa shape index (κ2) is 6.18. The molecule has 1 aliphatic heterocycles. The fraction of sp³-hybridized carbons (Fsp3) is 0.438. The van der Waals surface area contributed by atoms with Gasteiger partial charge in [-0.1, -0.05) is 0 Å². The van der Waals surface area contributed by atoms with Crippen molar-refractivity contribution in [1.29, 1.82) is 0 Å². The van der Waals surface area contributed by atoms with Gasteiger partial charge >= 0.3 is 0 Å². The Hall–Kier alpha value is -2.01. The van der Waals surface area contributed by atoms with Crippen LogP contribution in [0, 0.1) is 6.92 Å². The highest BCUT2D eigenvalue weighted by Crippen LogP contribution is 2.22. The summed E-state index contributed by atoms with van der Waals surface area (Å²) < 4.78 is 0. The van der Waals surface area contributed by atoms with Crippen molar-refractivity contribution in [3.05, 3.63) is 36.4 Å². The SMILES string of the molecule is Cc1cnccc1-c1cncc(N2CCCN(C)CC2)n1. The van der Waals surface area contributed by atoms with Crippen molar-refractivity contribution in [1.82, 2.24) is 19.9 Å². The first-order valence-electron chi connectivity index (χ1n) is 7.40. The summed E-state index contributed by atoms with van der Waals surface area (Å²) in [6.45, 7) is 6.31. The Morgan fingerprint density at radius 1 is 1.00 bits per heavy atom. The lowest BCUT2D eigenvalue weighted by atomic mass is 10.1. The summed E-state index contributed by atoms with van der Waals surface area (Å²) in [5, 5.41) is 0. The van der Waals surface area contributed by atoms with Gasteiger partial charge in [0.2, 0.25) is 0 Å². The quantitative estimate of drug-likeness (QED) is 0.843. The zero-order valence-corrected chi connectivity index (χ0v) is 12.7. The zero-order chi connectivity index (χ0) is 14.7. The molecule has 1 aliphatic rings. The Kier molecular flexibility index (Phi) is 4.10. The van der Waals surface area contributed by atoms with E-state index in [1.807, 2.05) is 24.7 Å². The molecule has 0 atom stereocenters. The summed E-state index contributed by atoms with van der Waals surface area (Å²) in [4.78, 5) is 18.0. The maximum Gasteiger partial charge on any atom is 0.147 e. The topological polar surface area (TPSA) is 45.2 Å². The minimum atomic E-state index is 0.921. The van der Waals surface area contributed by atoms with Crippen LogP contribution < -0.4 is 4.90 Å². The molecule has 3 heterocycles. The summed E-state index contributed by atoms with van der Waals surface area (Å²) in [7, 11) is 2.17. The van der Waals surface area contributed by atoms with Crippen LogP contribution in [0.4, 0.5) is 5.82 Å². The lowest BCUT2D eigenvalue weighted by molar-refractivity contribution is 0.360. The highest BCUT2D eigenvalue weighted by atomic mass is 15.2. The highest BCUT2D eigenvalue weighted by molar-refractivity contribution is 5.63. The molecule has 0 aliphatic carbocycles. The van der Waals surface area contributed by atoms with E-state index >= 15 is 0 Å². The van der Waals surface area contributed by atoms with Gasteiger partial charge in [-0.3, -0.25) is 9.97 Å². The van der Waals surface area contributed by atoms with Gasteiger partial charge in [0.1, 0.15) is 5.82 Å². The highest BCUT2D eigenvalue weighted by Gasteiger charge is 2.15. The number of aromatic nitrogens is 3. The second-order valence-electron chi connectivity index (χ2n) is 5.60. The Morgan fingerprint density at radius 2 is 1.90 bits per heavy atom. The Bertz CT molecular complexity index is 613. The maximum atomic E-state index is 4.81. The molecule has 0 spiro atoms. The number of hydrogen-bond acceptors (Lipinski definition) is 5. The number of aryl methyl sites for hydroxylation is 1. The maximum absolute atomic E-state index is 4.81. The van der Waals surface area contributed by atoms with Crippen molar-refractivity contribution in [3.8, 4) is 11.3 Å². The molecular formula is C16H21N5. The van der Waals surface area contributed by atoms with E-state index in [4.69, 9.17) is 4.98 Å². The summed E-state index contributed by atoms with van der Waals surface area (Å²) in [5.74, 6) is 0.971. The number of pyridine rings is 1. The smallest absolute Gasteiger partial charge is 0.147 e. The average Bonchev–Trinajstić information content (AvgIpc) is 2.73. The number of rotatable bonds is 2. The summed E-state index contributed by atoms with van der Waals surface area (Å²) in [5.41, 5.74) is 3.15. The second-order valence-corrected chi connectivity index (χ2v) is 5.60. The van der Waals surface area contributed by atoms with Gasteiger partial charge in [0.25, 0.3) is 0 Å². The van der Waals surface area contributed by atoms with Gasteiger partial charge in [0, 0.05) is 37.6 Å². The first kappa shape index (κ1) is 13.9. The third kappa shape index (κ3) is 3.19. The molecule has 0 N–H and O–H groups in total. The molecule has 0 bridgehead atoms. The summed E-state index contributed by atoms with van der Waals surface area (Å²) in [6.07, 6.45) is 8.53. The molecule has 110 valence electrons. The van der Waals surface area contributed by atoms with Crippen LogP contribution in [-0.2, 0) is 0 Å². The van der Waals surface area contributed by atoms with Crippen LogP contribution >= 0.6 is 0 Å². The van der Waals surface area contributed by atoms with E-state index in [1.165, 1.54) is 0 Å². The van der Waals surface area contributed by atoms with E-state index in [9.17, 15) is 0 Å². The van der Waals surface area contributed by atoms with E-state index < -0.39 is 0 Å². The molecule has 0 saturated carbocycles. The van der Waals surface area contributed by atoms with Crippen molar-refractivity contribution >= 4 is 5.82 Å². The van der Waals surface area contributed by atoms with E-state index in [1.54, 1.807) is 6.20 Å². The molecule has 5 nitrogen and oxygen atoms in total. The monoisotopic (exact) mass is 283 g/mol. The molecule has 1 fully saturated rings. The van der Waals surface area contributed by atoms with Crippen LogP contribution in [0.25, 0.3) is 11.3 Å². The van der Waals surface area contributed by atoms with Gasteiger partial charge in [0.15, 0.2) is 0 Å². The van der Waals surface area contributed by atoms with E-state index in [0.29, 0.717) is 0 Å². The average molecular weight is 283 g/mol. The van der Waals surface area contributed by atoms with Gasteiger partial charge in [-0.15, -0.1) is 0 Å². The lowest BCUT2D eigenvalue weighted by Gasteiger charge is -2.21. The van der Waals surface area contributed by atoms with Crippen LogP contribution in [0.3, 0.4) is 0 Å². The van der Waals surface area contributed by atoms with Gasteiger partial charge in [0.05, 0.1) is 18.1 Å².